The largest absolute Gasteiger partial charge is 0.456 e. The highest BCUT2D eigenvalue weighted by molar-refractivity contribution is 5.75. The summed E-state index contributed by atoms with van der Waals surface area (Å²) in [6.07, 6.45) is 0.284. The number of ether oxygens (including phenoxy) is 1. The number of quaternary nitrogens is 1. The lowest BCUT2D eigenvalue weighted by atomic mass is 10.1. The maximum Gasteiger partial charge on any atom is 0.439 e. The summed E-state index contributed by atoms with van der Waals surface area (Å²) in [5, 5.41) is 8.14. The summed E-state index contributed by atoms with van der Waals surface area (Å²) in [7, 11) is 0. The van der Waals surface area contributed by atoms with Crippen LogP contribution in [0, 0.1) is 5.82 Å². The number of aromatic nitrogens is 4. The zero-order valence-corrected chi connectivity index (χ0v) is 18.7. The highest BCUT2D eigenvalue weighted by Crippen LogP contribution is 2.28. The second-order valence-electron chi connectivity index (χ2n) is 8.35. The van der Waals surface area contributed by atoms with Crippen LogP contribution in [0.15, 0.2) is 73.2 Å². The van der Waals surface area contributed by atoms with Crippen LogP contribution in [0.2, 0.25) is 0 Å². The first-order chi connectivity index (χ1) is 17.3. The minimum absolute atomic E-state index is 0.00405. The van der Waals surface area contributed by atoms with Crippen LogP contribution in [-0.2, 0) is 11.2 Å². The number of hydrogen-bond acceptors (Lipinski definition) is 5. The van der Waals surface area contributed by atoms with Crippen molar-refractivity contribution in [3.63, 3.8) is 0 Å². The number of amides is 1. The van der Waals surface area contributed by atoms with Gasteiger partial charge in [0, 0.05) is 23.4 Å². The highest BCUT2D eigenvalue weighted by atomic mass is 19.4. The molecule has 1 N–H and O–H groups in total. The molecule has 0 spiro atoms. The van der Waals surface area contributed by atoms with E-state index in [-0.39, 0.29) is 24.1 Å². The number of carbonyl (C=O) groups is 1. The second kappa shape index (κ2) is 9.50. The van der Waals surface area contributed by atoms with E-state index in [9.17, 15) is 22.4 Å². The molecule has 0 saturated carbocycles. The first kappa shape index (κ1) is 23.6. The molecule has 2 aromatic heterocycles. The van der Waals surface area contributed by atoms with E-state index in [1.165, 1.54) is 29.1 Å². The number of rotatable bonds is 5. The molecule has 1 aliphatic heterocycles. The van der Waals surface area contributed by atoms with Crippen LogP contribution in [0.1, 0.15) is 18.0 Å². The van der Waals surface area contributed by atoms with Gasteiger partial charge in [-0.2, -0.15) is 13.2 Å². The van der Waals surface area contributed by atoms with Gasteiger partial charge in [-0.05, 0) is 55.3 Å². The first-order valence-corrected chi connectivity index (χ1v) is 11.1. The fourth-order valence-corrected chi connectivity index (χ4v) is 4.28. The Labute approximate surface area is 202 Å². The molecule has 0 radical (unpaired) electrons. The predicted molar refractivity (Wildman–Crippen MR) is 120 cm³/mol. The molecule has 2 aromatic carbocycles. The quantitative estimate of drug-likeness (QED) is 0.420. The standard InChI is InChI=1S/C25H19F4N5O2/c26-20-4-1-5-22-19(20)10-11-23(24(35)33(22)15-25(27,28)29)34-14-21(31-32-34)16-6-8-17(9-7-16)36-18-3-2-12-30-13-18/h1-9,12-14,23H,10-11,15H2/p+1. The Morgan fingerprint density at radius 2 is 1.86 bits per heavy atom. The molecule has 0 fully saturated rings. The van der Waals surface area contributed by atoms with Gasteiger partial charge < -0.3 is 4.74 Å². The monoisotopic (exact) mass is 498 g/mol. The summed E-state index contributed by atoms with van der Waals surface area (Å²) in [4.78, 5) is 16.8. The third-order valence-electron chi connectivity index (χ3n) is 5.94. The van der Waals surface area contributed by atoms with Crippen LogP contribution in [0.4, 0.5) is 23.2 Å². The number of halogens is 4. The van der Waals surface area contributed by atoms with Crippen molar-refractivity contribution in [1.82, 2.24) is 20.0 Å². The van der Waals surface area contributed by atoms with Gasteiger partial charge in [0.05, 0.1) is 12.4 Å². The van der Waals surface area contributed by atoms with Crippen molar-refractivity contribution in [1.29, 1.82) is 0 Å². The molecule has 2 atom stereocenters. The van der Waals surface area contributed by atoms with Gasteiger partial charge in [-0.15, -0.1) is 5.10 Å². The Kier molecular flexibility index (Phi) is 6.23. The summed E-state index contributed by atoms with van der Waals surface area (Å²) in [6, 6.07) is 13.3. The number of carbonyl (C=O) groups excluding carboxylic acids is 1. The summed E-state index contributed by atoms with van der Waals surface area (Å²) >= 11 is 0. The van der Waals surface area contributed by atoms with E-state index in [1.54, 1.807) is 48.8 Å². The van der Waals surface area contributed by atoms with Crippen molar-refractivity contribution in [2.45, 2.75) is 25.1 Å². The lowest BCUT2D eigenvalue weighted by Crippen LogP contribution is -3.12. The van der Waals surface area contributed by atoms with Gasteiger partial charge in [0.15, 0.2) is 12.6 Å². The van der Waals surface area contributed by atoms with Gasteiger partial charge in [-0.1, -0.05) is 11.3 Å². The van der Waals surface area contributed by atoms with Crippen molar-refractivity contribution < 1.29 is 32.0 Å². The first-order valence-electron chi connectivity index (χ1n) is 11.1. The molecule has 36 heavy (non-hydrogen) atoms. The van der Waals surface area contributed by atoms with Gasteiger partial charge >= 0.3 is 12.1 Å². The number of nitrogens with zero attached hydrogens (tertiary/aromatic N) is 4. The Hall–Kier alpha value is -4.12. The summed E-state index contributed by atoms with van der Waals surface area (Å²) in [5.74, 6) is -0.225. The number of pyridine rings is 1. The van der Waals surface area contributed by atoms with Crippen molar-refractivity contribution in [2.75, 3.05) is 6.54 Å². The van der Waals surface area contributed by atoms with E-state index >= 15 is 0 Å². The smallest absolute Gasteiger partial charge is 0.439 e. The number of hydrogen-bond donors (Lipinski definition) is 1. The lowest BCUT2D eigenvalue weighted by molar-refractivity contribution is -0.767. The fraction of sp³-hybridized carbons (Fsp3) is 0.200. The average Bonchev–Trinajstić information content (AvgIpc) is 3.29. The maximum atomic E-state index is 14.5. The Bertz CT molecular complexity index is 1370. The van der Waals surface area contributed by atoms with Crippen LogP contribution in [0.5, 0.6) is 11.5 Å². The molecule has 2 unspecified atom stereocenters. The predicted octanol–water partition coefficient (Wildman–Crippen LogP) is 4.06. The van der Waals surface area contributed by atoms with Crippen LogP contribution in [0.25, 0.3) is 11.3 Å². The summed E-state index contributed by atoms with van der Waals surface area (Å²) in [5.41, 5.74) is 1.22. The molecule has 11 heteroatoms. The second-order valence-corrected chi connectivity index (χ2v) is 8.35. The molecule has 4 aromatic rings. The Morgan fingerprint density at radius 3 is 2.58 bits per heavy atom. The van der Waals surface area contributed by atoms with E-state index in [0.29, 0.717) is 22.8 Å². The Balaban J connectivity index is 1.40. The molecule has 7 nitrogen and oxygen atoms in total. The van der Waals surface area contributed by atoms with Crippen LogP contribution in [-0.4, -0.2) is 38.6 Å². The fourth-order valence-electron chi connectivity index (χ4n) is 4.28. The lowest BCUT2D eigenvalue weighted by Gasteiger charge is -2.21. The number of alkyl halides is 3. The molecule has 184 valence electrons. The van der Waals surface area contributed by atoms with Gasteiger partial charge in [0.2, 0.25) is 0 Å². The molecular weight excluding hydrogens is 478 g/mol. The van der Waals surface area contributed by atoms with E-state index in [4.69, 9.17) is 4.74 Å². The van der Waals surface area contributed by atoms with Crippen molar-refractivity contribution in [2.24, 2.45) is 0 Å². The number of nitrogens with one attached hydrogen (secondary N) is 1. The summed E-state index contributed by atoms with van der Waals surface area (Å²) < 4.78 is 61.5. The zero-order valence-electron chi connectivity index (χ0n) is 18.7. The van der Waals surface area contributed by atoms with Crippen LogP contribution in [0.3, 0.4) is 0 Å². The average molecular weight is 498 g/mol. The summed E-state index contributed by atoms with van der Waals surface area (Å²) in [6.45, 7) is -1.45. The molecule has 1 aliphatic rings. The van der Waals surface area contributed by atoms with Gasteiger partial charge in [-0.3, -0.25) is 4.98 Å². The maximum absolute atomic E-state index is 14.5. The molecule has 5 rings (SSSR count). The normalized spacial score (nSPS) is 17.9. The van der Waals surface area contributed by atoms with E-state index in [0.717, 1.165) is 0 Å². The number of fused-ring (bicyclic) bond motifs is 1. The molecule has 1 amide bonds. The van der Waals surface area contributed by atoms with Gasteiger partial charge in [-0.25, -0.2) is 18.8 Å². The molecule has 3 heterocycles. The Morgan fingerprint density at radius 1 is 1.06 bits per heavy atom. The topological polar surface area (TPSA) is 74.3 Å². The van der Waals surface area contributed by atoms with Crippen molar-refractivity contribution in [3.8, 4) is 22.8 Å². The van der Waals surface area contributed by atoms with Gasteiger partial charge in [0.1, 0.15) is 28.7 Å². The van der Waals surface area contributed by atoms with E-state index in [1.807, 2.05) is 0 Å². The van der Waals surface area contributed by atoms with E-state index < -0.39 is 35.4 Å². The minimum atomic E-state index is -4.63. The van der Waals surface area contributed by atoms with Crippen molar-refractivity contribution >= 4 is 11.6 Å². The zero-order chi connectivity index (χ0) is 25.3. The SMILES string of the molecule is O=C1C(n2cc(-c3ccc(Oc4cccnc4)cc3)nn2)CCc2c(F)cccc2[NH+]1CC(F)(F)F. The van der Waals surface area contributed by atoms with Crippen molar-refractivity contribution in [3.05, 3.63) is 84.6 Å². The highest BCUT2D eigenvalue weighted by Gasteiger charge is 2.44. The minimum Gasteiger partial charge on any atom is -0.456 e. The van der Waals surface area contributed by atoms with Gasteiger partial charge in [0.25, 0.3) is 0 Å². The van der Waals surface area contributed by atoms with E-state index in [2.05, 4.69) is 15.3 Å². The van der Waals surface area contributed by atoms with Crippen LogP contribution >= 0.6 is 0 Å². The molecule has 0 aliphatic carbocycles. The molecular formula is C25H20F4N5O2+. The molecule has 0 bridgehead atoms. The molecule has 0 saturated heterocycles. The van der Waals surface area contributed by atoms with Crippen LogP contribution < -0.4 is 9.64 Å². The third kappa shape index (κ3) is 4.96. The number of benzene rings is 2. The third-order valence-corrected chi connectivity index (χ3v) is 5.94.